The summed E-state index contributed by atoms with van der Waals surface area (Å²) >= 11 is 6.18. The highest BCUT2D eigenvalue weighted by Crippen LogP contribution is 2.22. The van der Waals surface area contributed by atoms with Gasteiger partial charge in [0.25, 0.3) is 0 Å². The van der Waals surface area contributed by atoms with Crippen LogP contribution in [0.1, 0.15) is 42.9 Å². The fraction of sp³-hybridized carbons (Fsp3) is 0.600. The number of hydrogen-bond acceptors (Lipinski definition) is 1. The molecular formula is C15H22ClN. The first-order valence-electron chi connectivity index (χ1n) is 6.75. The van der Waals surface area contributed by atoms with Gasteiger partial charge in [0.15, 0.2) is 0 Å². The Bertz CT molecular complexity index is 362. The van der Waals surface area contributed by atoms with Crippen LogP contribution < -0.4 is 5.32 Å². The quantitative estimate of drug-likeness (QED) is 0.761. The molecule has 2 rings (SSSR count). The molecule has 1 aliphatic carbocycles. The molecule has 1 aromatic rings. The minimum absolute atomic E-state index is 0.273. The zero-order valence-corrected chi connectivity index (χ0v) is 11.4. The highest BCUT2D eigenvalue weighted by Gasteiger charge is 2.10. The first-order valence-corrected chi connectivity index (χ1v) is 7.18. The highest BCUT2D eigenvalue weighted by molar-refractivity contribution is 6.20. The average molecular weight is 252 g/mol. The number of fused-ring (bicyclic) bond motifs is 1. The van der Waals surface area contributed by atoms with Gasteiger partial charge >= 0.3 is 0 Å². The first-order chi connectivity index (χ1) is 8.29. The maximum Gasteiger partial charge on any atom is 0.0460 e. The Labute approximate surface area is 110 Å². The Balaban J connectivity index is 1.79. The summed E-state index contributed by atoms with van der Waals surface area (Å²) in [6.45, 7) is 4.03. The van der Waals surface area contributed by atoms with Crippen molar-refractivity contribution in [2.45, 2.75) is 50.9 Å². The van der Waals surface area contributed by atoms with Gasteiger partial charge in [-0.2, -0.15) is 0 Å². The second-order valence-corrected chi connectivity index (χ2v) is 5.59. The third-order valence-electron chi connectivity index (χ3n) is 3.46. The number of alkyl halides is 1. The lowest BCUT2D eigenvalue weighted by Gasteiger charge is -2.10. The van der Waals surface area contributed by atoms with Crippen LogP contribution in [0.3, 0.4) is 0 Å². The van der Waals surface area contributed by atoms with Crippen molar-refractivity contribution in [2.24, 2.45) is 0 Å². The van der Waals surface area contributed by atoms with E-state index in [2.05, 4.69) is 30.4 Å². The van der Waals surface area contributed by atoms with Gasteiger partial charge in [-0.05, 0) is 42.4 Å². The Kier molecular flexibility index (Phi) is 4.87. The summed E-state index contributed by atoms with van der Waals surface area (Å²) in [5.74, 6) is 0. The van der Waals surface area contributed by atoms with E-state index in [9.17, 15) is 0 Å². The van der Waals surface area contributed by atoms with Crippen LogP contribution >= 0.6 is 11.6 Å². The molecule has 0 aromatic heterocycles. The Morgan fingerprint density at radius 1 is 1.29 bits per heavy atom. The average Bonchev–Trinajstić information content (AvgIpc) is 2.76. The predicted molar refractivity (Wildman–Crippen MR) is 74.7 cm³/mol. The van der Waals surface area contributed by atoms with Crippen molar-refractivity contribution in [3.05, 3.63) is 34.9 Å². The molecule has 0 aliphatic heterocycles. The van der Waals surface area contributed by atoms with Gasteiger partial charge in [0.1, 0.15) is 0 Å². The zero-order chi connectivity index (χ0) is 12.1. The van der Waals surface area contributed by atoms with Crippen molar-refractivity contribution in [3.63, 3.8) is 0 Å². The summed E-state index contributed by atoms with van der Waals surface area (Å²) in [5, 5.41) is 3.72. The molecule has 0 saturated heterocycles. The number of aryl methyl sites for hydroxylation is 2. The maximum absolute atomic E-state index is 6.18. The molecule has 0 bridgehead atoms. The SMILES string of the molecule is CCCC(Cl)CNCc1ccc2c(c1)CCC2. The van der Waals surface area contributed by atoms with Crippen LogP contribution in [0.5, 0.6) is 0 Å². The fourth-order valence-corrected chi connectivity index (χ4v) is 2.85. The van der Waals surface area contributed by atoms with Crippen LogP contribution in [-0.2, 0) is 19.4 Å². The summed E-state index contributed by atoms with van der Waals surface area (Å²) in [5.41, 5.74) is 4.50. The third kappa shape index (κ3) is 3.72. The van der Waals surface area contributed by atoms with Gasteiger partial charge < -0.3 is 5.32 Å². The molecule has 2 heteroatoms. The topological polar surface area (TPSA) is 12.0 Å². The Morgan fingerprint density at radius 2 is 2.12 bits per heavy atom. The molecule has 1 unspecified atom stereocenters. The Hall–Kier alpha value is -0.530. The number of benzene rings is 1. The molecule has 1 N–H and O–H groups in total. The number of nitrogens with one attached hydrogen (secondary N) is 1. The van der Waals surface area contributed by atoms with Gasteiger partial charge in [0, 0.05) is 18.5 Å². The van der Waals surface area contributed by atoms with Crippen LogP contribution in [-0.4, -0.2) is 11.9 Å². The molecule has 0 saturated carbocycles. The van der Waals surface area contributed by atoms with Crippen molar-refractivity contribution in [1.82, 2.24) is 5.32 Å². The lowest BCUT2D eigenvalue weighted by Crippen LogP contribution is -2.22. The van der Waals surface area contributed by atoms with E-state index in [0.717, 1.165) is 25.9 Å². The number of rotatable bonds is 6. The molecule has 0 amide bonds. The normalized spacial score (nSPS) is 15.9. The van der Waals surface area contributed by atoms with E-state index in [1.165, 1.54) is 24.8 Å². The van der Waals surface area contributed by atoms with Crippen molar-refractivity contribution in [1.29, 1.82) is 0 Å². The molecule has 17 heavy (non-hydrogen) atoms. The summed E-state index contributed by atoms with van der Waals surface area (Å²) in [6.07, 6.45) is 6.11. The molecule has 0 fully saturated rings. The first kappa shape index (κ1) is 12.9. The zero-order valence-electron chi connectivity index (χ0n) is 10.6. The van der Waals surface area contributed by atoms with Gasteiger partial charge in [0.05, 0.1) is 0 Å². The van der Waals surface area contributed by atoms with Gasteiger partial charge in [0.2, 0.25) is 0 Å². The van der Waals surface area contributed by atoms with Gasteiger partial charge in [-0.1, -0.05) is 31.5 Å². The highest BCUT2D eigenvalue weighted by atomic mass is 35.5. The van der Waals surface area contributed by atoms with Crippen molar-refractivity contribution >= 4 is 11.6 Å². The second-order valence-electron chi connectivity index (χ2n) is 4.97. The molecule has 0 spiro atoms. The minimum Gasteiger partial charge on any atom is -0.311 e. The standard InChI is InChI=1S/C15H22ClN/c1-2-4-15(16)11-17-10-12-7-8-13-5-3-6-14(13)9-12/h7-9,15,17H,2-6,10-11H2,1H3. The van der Waals surface area contributed by atoms with E-state index in [1.807, 2.05) is 0 Å². The van der Waals surface area contributed by atoms with Crippen LogP contribution in [0.2, 0.25) is 0 Å². The number of hydrogen-bond donors (Lipinski definition) is 1. The van der Waals surface area contributed by atoms with Crippen molar-refractivity contribution in [3.8, 4) is 0 Å². The third-order valence-corrected chi connectivity index (χ3v) is 3.83. The second kappa shape index (κ2) is 6.42. The minimum atomic E-state index is 0.273. The smallest absolute Gasteiger partial charge is 0.0460 e. The van der Waals surface area contributed by atoms with E-state index >= 15 is 0 Å². The van der Waals surface area contributed by atoms with E-state index in [1.54, 1.807) is 11.1 Å². The molecule has 1 atom stereocenters. The predicted octanol–water partition coefficient (Wildman–Crippen LogP) is 3.67. The van der Waals surface area contributed by atoms with Gasteiger partial charge in [-0.25, -0.2) is 0 Å². The monoisotopic (exact) mass is 251 g/mol. The van der Waals surface area contributed by atoms with Crippen LogP contribution in [0.4, 0.5) is 0 Å². The number of halogens is 1. The molecule has 1 aromatic carbocycles. The molecule has 0 radical (unpaired) electrons. The molecule has 94 valence electrons. The van der Waals surface area contributed by atoms with E-state index in [-0.39, 0.29) is 5.38 Å². The molecule has 0 heterocycles. The van der Waals surface area contributed by atoms with Crippen molar-refractivity contribution < 1.29 is 0 Å². The summed E-state index contributed by atoms with van der Waals surface area (Å²) in [4.78, 5) is 0. The van der Waals surface area contributed by atoms with Crippen LogP contribution in [0.15, 0.2) is 18.2 Å². The molecule has 1 aliphatic rings. The van der Waals surface area contributed by atoms with Crippen LogP contribution in [0.25, 0.3) is 0 Å². The van der Waals surface area contributed by atoms with Gasteiger partial charge in [-0.15, -0.1) is 11.6 Å². The summed E-state index contributed by atoms with van der Waals surface area (Å²) < 4.78 is 0. The maximum atomic E-state index is 6.18. The van der Waals surface area contributed by atoms with E-state index < -0.39 is 0 Å². The van der Waals surface area contributed by atoms with Crippen molar-refractivity contribution in [2.75, 3.05) is 6.54 Å². The van der Waals surface area contributed by atoms with Gasteiger partial charge in [-0.3, -0.25) is 0 Å². The summed E-state index contributed by atoms with van der Waals surface area (Å²) in [6, 6.07) is 6.90. The molecule has 1 nitrogen and oxygen atoms in total. The lowest BCUT2D eigenvalue weighted by atomic mass is 10.1. The largest absolute Gasteiger partial charge is 0.311 e. The van der Waals surface area contributed by atoms with E-state index in [4.69, 9.17) is 11.6 Å². The summed E-state index contributed by atoms with van der Waals surface area (Å²) in [7, 11) is 0. The Morgan fingerprint density at radius 3 is 2.94 bits per heavy atom. The van der Waals surface area contributed by atoms with Crippen LogP contribution in [0, 0.1) is 0 Å². The fourth-order valence-electron chi connectivity index (χ4n) is 2.52. The van der Waals surface area contributed by atoms with E-state index in [0.29, 0.717) is 0 Å². The molecular weight excluding hydrogens is 230 g/mol. The lowest BCUT2D eigenvalue weighted by molar-refractivity contribution is 0.623.